The van der Waals surface area contributed by atoms with Crippen molar-refractivity contribution >= 4 is 70.1 Å². The van der Waals surface area contributed by atoms with E-state index in [9.17, 15) is 58.2 Å². The lowest BCUT2D eigenvalue weighted by Crippen LogP contribution is -2.59. The monoisotopic (exact) mass is 1030 g/mol. The lowest BCUT2D eigenvalue weighted by Gasteiger charge is -2.26. The maximum atomic E-state index is 14.3. The molecular formula is C51H66N10O13. The highest BCUT2D eigenvalue weighted by Gasteiger charge is 2.34. The van der Waals surface area contributed by atoms with Crippen LogP contribution in [0.2, 0.25) is 0 Å². The Bertz CT molecular complexity index is 2590. The number of hydrogen-bond acceptors (Lipinski definition) is 12. The molecule has 4 rings (SSSR count). The smallest absolute Gasteiger partial charge is 0.305 e. The number of carboxylic acid groups (broad SMARTS) is 2. The summed E-state index contributed by atoms with van der Waals surface area (Å²) in [4.78, 5) is 135. The van der Waals surface area contributed by atoms with E-state index in [1.165, 1.54) is 24.3 Å². The fourth-order valence-corrected chi connectivity index (χ4v) is 7.80. The van der Waals surface area contributed by atoms with Crippen LogP contribution in [0.15, 0.2) is 85.1 Å². The van der Waals surface area contributed by atoms with Crippen molar-refractivity contribution in [3.63, 3.8) is 0 Å². The molecule has 0 aliphatic rings. The molecule has 1 heterocycles. The van der Waals surface area contributed by atoms with E-state index in [1.807, 2.05) is 13.8 Å². The van der Waals surface area contributed by atoms with Gasteiger partial charge in [0.15, 0.2) is 0 Å². The van der Waals surface area contributed by atoms with Gasteiger partial charge in [-0.2, -0.15) is 0 Å². The maximum absolute atomic E-state index is 14.3. The number of fused-ring (bicyclic) bond motifs is 1. The summed E-state index contributed by atoms with van der Waals surface area (Å²) < 4.78 is 0. The molecule has 1 aromatic heterocycles. The zero-order valence-electron chi connectivity index (χ0n) is 41.2. The van der Waals surface area contributed by atoms with E-state index in [-0.39, 0.29) is 37.9 Å². The summed E-state index contributed by atoms with van der Waals surface area (Å²) in [7, 11) is 0. The summed E-state index contributed by atoms with van der Waals surface area (Å²) in [6.07, 6.45) is 1.82. The summed E-state index contributed by atoms with van der Waals surface area (Å²) in [5.41, 5.74) is 13.8. The van der Waals surface area contributed by atoms with Crippen molar-refractivity contribution in [3.05, 3.63) is 102 Å². The van der Waals surface area contributed by atoms with Crippen LogP contribution in [0.5, 0.6) is 5.75 Å². The minimum atomic E-state index is -1.71. The first-order valence-corrected chi connectivity index (χ1v) is 24.2. The summed E-state index contributed by atoms with van der Waals surface area (Å²) in [6, 6.07) is 11.6. The van der Waals surface area contributed by atoms with E-state index < -0.39 is 121 Å². The number of carboxylic acids is 2. The van der Waals surface area contributed by atoms with Crippen molar-refractivity contribution in [2.24, 2.45) is 11.5 Å². The maximum Gasteiger partial charge on any atom is 0.305 e. The highest BCUT2D eigenvalue weighted by molar-refractivity contribution is 5.98. The summed E-state index contributed by atoms with van der Waals surface area (Å²) in [5.74, 6) is -9.98. The summed E-state index contributed by atoms with van der Waals surface area (Å²) in [5, 5.41) is 47.0. The number of unbranched alkanes of at least 4 members (excludes halogenated alkanes) is 2. The van der Waals surface area contributed by atoms with Gasteiger partial charge in [0, 0.05) is 36.4 Å². The Labute approximate surface area is 426 Å². The number of aliphatic carboxylic acids is 2. The predicted octanol–water partition coefficient (Wildman–Crippen LogP) is 0.0688. The average molecular weight is 1030 g/mol. The van der Waals surface area contributed by atoms with Crippen molar-refractivity contribution in [2.45, 2.75) is 127 Å². The Morgan fingerprint density at radius 2 is 1.03 bits per heavy atom. The second-order valence-electron chi connectivity index (χ2n) is 17.8. The van der Waals surface area contributed by atoms with Crippen LogP contribution in [0.4, 0.5) is 0 Å². The molecule has 4 aromatic rings. The Kier molecular flexibility index (Phi) is 23.0. The van der Waals surface area contributed by atoms with Gasteiger partial charge in [-0.05, 0) is 47.7 Å². The van der Waals surface area contributed by atoms with Gasteiger partial charge >= 0.3 is 11.9 Å². The van der Waals surface area contributed by atoms with E-state index in [2.05, 4.69) is 42.2 Å². The van der Waals surface area contributed by atoms with Crippen molar-refractivity contribution in [3.8, 4) is 5.75 Å². The molecule has 0 unspecified atom stereocenters. The van der Waals surface area contributed by atoms with E-state index in [0.717, 1.165) is 10.9 Å². The van der Waals surface area contributed by atoms with Crippen molar-refractivity contribution in [2.75, 3.05) is 6.54 Å². The molecule has 0 spiro atoms. The molecule has 74 heavy (non-hydrogen) atoms. The number of benzene rings is 3. The Morgan fingerprint density at radius 1 is 0.541 bits per heavy atom. The lowest BCUT2D eigenvalue weighted by atomic mass is 10.0. The Balaban J connectivity index is 1.53. The lowest BCUT2D eigenvalue weighted by molar-refractivity contribution is -0.141. The van der Waals surface area contributed by atoms with Crippen molar-refractivity contribution < 1.29 is 63.3 Å². The third-order valence-electron chi connectivity index (χ3n) is 11.8. The van der Waals surface area contributed by atoms with Crippen LogP contribution in [0.3, 0.4) is 0 Å². The van der Waals surface area contributed by atoms with Gasteiger partial charge in [-0.15, -0.1) is 0 Å². The second-order valence-corrected chi connectivity index (χ2v) is 17.8. The normalized spacial score (nSPS) is 13.8. The highest BCUT2D eigenvalue weighted by Crippen LogP contribution is 2.20. The van der Waals surface area contributed by atoms with Gasteiger partial charge in [0.05, 0.1) is 25.4 Å². The number of carbonyl (C=O) groups is 10. The van der Waals surface area contributed by atoms with Gasteiger partial charge in [0.25, 0.3) is 0 Å². The number of amides is 8. The second kappa shape index (κ2) is 29.2. The van der Waals surface area contributed by atoms with Gasteiger partial charge in [-0.25, -0.2) is 0 Å². The van der Waals surface area contributed by atoms with Crippen LogP contribution < -0.4 is 48.7 Å². The minimum Gasteiger partial charge on any atom is -0.508 e. The molecule has 23 heteroatoms. The van der Waals surface area contributed by atoms with Gasteiger partial charge in [-0.3, -0.25) is 47.9 Å². The molecule has 398 valence electrons. The number of nitrogens with two attached hydrogens (primary N) is 2. The number of nitrogens with one attached hydrogen (secondary N) is 8. The SMILES string of the molecule is CCCC[C@H](NC(=O)[C@H](Cc1ccc(O)cc1)NC(=O)[C@H](N)CC(=O)O)C(=O)NCC(=O)N[C@@H](Cc1c[nH]c2ccccc12)C(=O)N[C@@H](CCCC)C(=O)N[C@@H](CC(=O)O)C(=O)N[C@@H](Cc1ccccc1)C(N)=O. The number of phenols is 1. The first-order chi connectivity index (χ1) is 35.3. The van der Waals surface area contributed by atoms with Crippen LogP contribution in [0, 0.1) is 0 Å². The van der Waals surface area contributed by atoms with Gasteiger partial charge in [0.2, 0.25) is 47.3 Å². The molecule has 0 saturated carbocycles. The largest absolute Gasteiger partial charge is 0.508 e. The molecule has 0 fully saturated rings. The molecule has 7 atom stereocenters. The van der Waals surface area contributed by atoms with Crippen LogP contribution in [0.25, 0.3) is 10.9 Å². The number of primary amides is 1. The Morgan fingerprint density at radius 3 is 1.62 bits per heavy atom. The highest BCUT2D eigenvalue weighted by atomic mass is 16.4. The standard InChI is InChI=1S/C51H66N10O13/c1-3-5-15-36(57-49(72)39(23-30-18-20-32(62)21-19-30)60-46(69)34(52)25-43(64)65)47(70)55-28-42(63)56-40(24-31-27-54-35-17-11-10-14-33(31)35)50(73)58-37(16-6-4-2)48(71)61-41(26-44(66)67)51(74)59-38(45(53)68)22-29-12-8-7-9-13-29/h7-14,17-21,27,34,36-41,54,62H,3-6,15-16,22-26,28,52H2,1-2H3,(H2,53,68)(H,55,70)(H,56,63)(H,57,72)(H,58,73)(H,59,74)(H,60,69)(H,61,71)(H,64,65)(H,66,67)/t34-,36+,37+,38+,39+,40+,41+/m1/s1. The molecule has 15 N–H and O–H groups in total. The number of aromatic amines is 1. The van der Waals surface area contributed by atoms with Crippen molar-refractivity contribution in [1.82, 2.24) is 42.2 Å². The third-order valence-corrected chi connectivity index (χ3v) is 11.8. The summed E-state index contributed by atoms with van der Waals surface area (Å²) in [6.45, 7) is 2.97. The fourth-order valence-electron chi connectivity index (χ4n) is 7.80. The number of aromatic hydroxyl groups is 1. The molecule has 0 aliphatic heterocycles. The van der Waals surface area contributed by atoms with Crippen molar-refractivity contribution in [1.29, 1.82) is 0 Å². The van der Waals surface area contributed by atoms with Crippen LogP contribution in [-0.2, 0) is 67.2 Å². The number of phenolic OH excluding ortho intramolecular Hbond substituents is 1. The molecule has 0 bridgehead atoms. The third kappa shape index (κ3) is 19.0. The number of hydrogen-bond donors (Lipinski definition) is 13. The Hall–Kier alpha value is -8.34. The molecule has 0 radical (unpaired) electrons. The first kappa shape index (κ1) is 58.2. The van der Waals surface area contributed by atoms with E-state index in [1.54, 1.807) is 60.8 Å². The van der Waals surface area contributed by atoms with Gasteiger partial charge < -0.3 is 69.0 Å². The first-order valence-electron chi connectivity index (χ1n) is 24.2. The van der Waals surface area contributed by atoms with Gasteiger partial charge in [-0.1, -0.05) is 100 Å². The van der Waals surface area contributed by atoms with E-state index >= 15 is 0 Å². The minimum absolute atomic E-state index is 0.0207. The molecule has 3 aromatic carbocycles. The summed E-state index contributed by atoms with van der Waals surface area (Å²) >= 11 is 0. The molecular weight excluding hydrogens is 961 g/mol. The number of H-pyrrole nitrogens is 1. The number of rotatable bonds is 31. The quantitative estimate of drug-likeness (QED) is 0.0317. The average Bonchev–Trinajstić information content (AvgIpc) is 3.77. The fraction of sp³-hybridized carbons (Fsp3) is 0.412. The number of carbonyl (C=O) groups excluding carboxylic acids is 8. The topological polar surface area (TPSA) is 383 Å². The molecule has 23 nitrogen and oxygen atoms in total. The number of aromatic nitrogens is 1. The van der Waals surface area contributed by atoms with Crippen LogP contribution >= 0.6 is 0 Å². The van der Waals surface area contributed by atoms with Crippen LogP contribution in [0.1, 0.15) is 81.9 Å². The number of para-hydroxylation sites is 1. The van der Waals surface area contributed by atoms with E-state index in [4.69, 9.17) is 16.6 Å². The zero-order valence-corrected chi connectivity index (χ0v) is 41.2. The van der Waals surface area contributed by atoms with Gasteiger partial charge in [0.1, 0.15) is 42.0 Å². The zero-order chi connectivity index (χ0) is 54.3. The molecule has 8 amide bonds. The van der Waals surface area contributed by atoms with E-state index in [0.29, 0.717) is 42.4 Å². The van der Waals surface area contributed by atoms with Crippen LogP contribution in [-0.4, -0.2) is 128 Å². The molecule has 0 aliphatic carbocycles. The predicted molar refractivity (Wildman–Crippen MR) is 269 cm³/mol. The molecule has 0 saturated heterocycles.